The van der Waals surface area contributed by atoms with Crippen LogP contribution in [0.2, 0.25) is 0 Å². The highest BCUT2D eigenvalue weighted by Crippen LogP contribution is 2.26. The van der Waals surface area contributed by atoms with E-state index in [1.54, 1.807) is 11.8 Å². The van der Waals surface area contributed by atoms with Gasteiger partial charge in [-0.25, -0.2) is 0 Å². The molecule has 0 saturated heterocycles. The average Bonchev–Trinajstić information content (AvgIpc) is 2.06. The second kappa shape index (κ2) is 22.6. The molecule has 0 bridgehead atoms. The molecule has 0 amide bonds. The summed E-state index contributed by atoms with van der Waals surface area (Å²) < 4.78 is 0. The fourth-order valence-electron chi connectivity index (χ4n) is 0. The smallest absolute Gasteiger partial charge is 0.319 e. The van der Waals surface area contributed by atoms with Gasteiger partial charge in [-0.15, -0.1) is 0 Å². The van der Waals surface area contributed by atoms with Crippen LogP contribution in [0.3, 0.4) is 0 Å². The highest BCUT2D eigenvalue weighted by Gasteiger charge is 1.92. The molecule has 112 valence electrons. The molecular weight excluding hydrogens is 326 g/mol. The second-order valence-corrected chi connectivity index (χ2v) is 7.24. The molecule has 0 aliphatic rings. The number of hydrogen-bond acceptors (Lipinski definition) is 3. The molecule has 0 rings (SSSR count). The Balaban J connectivity index is -0.0000000377. The third-order valence-electron chi connectivity index (χ3n) is 0. The van der Waals surface area contributed by atoms with E-state index in [9.17, 15) is 0 Å². The molecule has 0 saturated carbocycles. The van der Waals surface area contributed by atoms with Crippen LogP contribution in [-0.2, 0) is 23.6 Å². The minimum absolute atomic E-state index is 1.75. The summed E-state index contributed by atoms with van der Waals surface area (Å²) >= 11 is 8.96. The Morgan fingerprint density at radius 3 is 0.647 bits per heavy atom. The van der Waals surface area contributed by atoms with E-state index in [0.29, 0.717) is 0 Å². The van der Waals surface area contributed by atoms with Crippen molar-refractivity contribution in [1.29, 1.82) is 0 Å². The number of thioether (sulfide) groups is 1. The topological polar surface area (TPSA) is 121 Å². The maximum Gasteiger partial charge on any atom is 0.319 e. The summed E-state index contributed by atoms with van der Waals surface area (Å²) in [6.07, 6.45) is 4.08. The van der Waals surface area contributed by atoms with Crippen molar-refractivity contribution in [3.63, 3.8) is 0 Å². The fourth-order valence-corrected chi connectivity index (χ4v) is 0. The summed E-state index contributed by atoms with van der Waals surface area (Å²) in [5.41, 5.74) is 0. The normalized spacial score (nSPS) is 8.71. The Morgan fingerprint density at radius 1 is 0.647 bits per heavy atom. The molecule has 0 heterocycles. The SMILES string of the molecule is CC.CC.CSC.OP(O)(O)=S.OP(O)(O)=S. The van der Waals surface area contributed by atoms with Gasteiger partial charge in [-0.2, -0.15) is 11.8 Å². The molecule has 0 spiro atoms. The summed E-state index contributed by atoms with van der Waals surface area (Å²) in [5, 5.41) is 0. The lowest BCUT2D eigenvalue weighted by Gasteiger charge is -1.88. The van der Waals surface area contributed by atoms with Crippen LogP contribution in [0, 0.1) is 0 Å². The van der Waals surface area contributed by atoms with E-state index in [0.717, 1.165) is 0 Å². The lowest BCUT2D eigenvalue weighted by Crippen LogP contribution is -1.65. The maximum atomic E-state index is 7.56. The second-order valence-electron chi connectivity index (χ2n) is 1.43. The lowest BCUT2D eigenvalue weighted by molar-refractivity contribution is 0.361. The first-order valence-corrected chi connectivity index (χ1v) is 11.3. The van der Waals surface area contributed by atoms with Crippen LogP contribution in [0.15, 0.2) is 0 Å². The van der Waals surface area contributed by atoms with Gasteiger partial charge in [-0.3, -0.25) is 0 Å². The first-order chi connectivity index (χ1) is 7.41. The molecule has 0 radical (unpaired) electrons. The van der Waals surface area contributed by atoms with E-state index < -0.39 is 13.4 Å². The fraction of sp³-hybridized carbons (Fsp3) is 1.00. The van der Waals surface area contributed by atoms with Crippen molar-refractivity contribution in [1.82, 2.24) is 0 Å². The Labute approximate surface area is 118 Å². The Hall–Kier alpha value is 1.41. The standard InChI is InChI=1S/C2H6S.2C2H6.2H3O3PS/c1-3-2;2*1-2;2*1-4(2,3)5/h1-2H3;2*1-2H3;2*(H3,1,2,3,5). The molecule has 0 fully saturated rings. The van der Waals surface area contributed by atoms with Crippen LogP contribution < -0.4 is 0 Å². The molecule has 6 nitrogen and oxygen atoms in total. The van der Waals surface area contributed by atoms with Gasteiger partial charge in [-0.05, 0) is 36.1 Å². The van der Waals surface area contributed by atoms with Crippen LogP contribution >= 0.6 is 25.2 Å². The Morgan fingerprint density at radius 2 is 0.647 bits per heavy atom. The molecule has 6 N–H and O–H groups in total. The van der Waals surface area contributed by atoms with Gasteiger partial charge in [0, 0.05) is 0 Å². The van der Waals surface area contributed by atoms with Gasteiger partial charge in [0.15, 0.2) is 0 Å². The van der Waals surface area contributed by atoms with Crippen molar-refractivity contribution in [2.24, 2.45) is 0 Å². The highest BCUT2D eigenvalue weighted by atomic mass is 32.5. The van der Waals surface area contributed by atoms with Crippen LogP contribution in [0.5, 0.6) is 0 Å². The molecule has 0 aliphatic heterocycles. The predicted molar refractivity (Wildman–Crippen MR) is 84.0 cm³/mol. The molecule has 0 atom stereocenters. The van der Waals surface area contributed by atoms with Crippen molar-refractivity contribution in [2.45, 2.75) is 27.7 Å². The van der Waals surface area contributed by atoms with Gasteiger partial charge in [0.05, 0.1) is 0 Å². The van der Waals surface area contributed by atoms with Crippen LogP contribution in [-0.4, -0.2) is 41.9 Å². The van der Waals surface area contributed by atoms with E-state index in [2.05, 4.69) is 23.6 Å². The lowest BCUT2D eigenvalue weighted by atomic mass is 11.0. The maximum absolute atomic E-state index is 7.56. The van der Waals surface area contributed by atoms with Gasteiger partial charge >= 0.3 is 13.4 Å². The zero-order valence-corrected chi connectivity index (χ0v) is 15.0. The summed E-state index contributed by atoms with van der Waals surface area (Å²) in [6.45, 7) is 0.389. The third-order valence-corrected chi connectivity index (χ3v) is 0. The first-order valence-electron chi connectivity index (χ1n) is 4.38. The van der Waals surface area contributed by atoms with Crippen molar-refractivity contribution < 1.29 is 29.4 Å². The van der Waals surface area contributed by atoms with Gasteiger partial charge in [0.1, 0.15) is 0 Å². The zero-order chi connectivity index (χ0) is 15.7. The Bertz CT molecular complexity index is 156. The first kappa shape index (κ1) is 31.0. The molecule has 0 aliphatic carbocycles. The van der Waals surface area contributed by atoms with Crippen molar-refractivity contribution in [2.75, 3.05) is 12.5 Å². The van der Waals surface area contributed by atoms with E-state index in [1.807, 2.05) is 40.2 Å². The summed E-state index contributed by atoms with van der Waals surface area (Å²) in [4.78, 5) is 45.3. The van der Waals surface area contributed by atoms with Gasteiger partial charge < -0.3 is 29.4 Å². The minimum atomic E-state index is -3.81. The van der Waals surface area contributed by atoms with Gasteiger partial charge in [0.25, 0.3) is 0 Å². The van der Waals surface area contributed by atoms with Crippen molar-refractivity contribution in [3.8, 4) is 0 Å². The molecular formula is C6H24O6P2S3. The Kier molecular flexibility index (Phi) is 41.2. The average molecular weight is 350 g/mol. The molecule has 17 heavy (non-hydrogen) atoms. The molecule has 0 unspecified atom stereocenters. The van der Waals surface area contributed by atoms with E-state index in [1.165, 1.54) is 0 Å². The van der Waals surface area contributed by atoms with Crippen LogP contribution in [0.1, 0.15) is 27.7 Å². The van der Waals surface area contributed by atoms with Gasteiger partial charge in [0.2, 0.25) is 0 Å². The summed E-state index contributed by atoms with van der Waals surface area (Å²) in [7, 11) is 0. The highest BCUT2D eigenvalue weighted by molar-refractivity contribution is 8.06. The number of hydrogen-bond donors (Lipinski definition) is 6. The van der Waals surface area contributed by atoms with Crippen LogP contribution in [0.25, 0.3) is 0 Å². The molecule has 0 aromatic rings. The van der Waals surface area contributed by atoms with Gasteiger partial charge in [-0.1, -0.05) is 27.7 Å². The monoisotopic (exact) mass is 350 g/mol. The quantitative estimate of drug-likeness (QED) is 0.360. The molecule has 0 aromatic carbocycles. The van der Waals surface area contributed by atoms with Crippen molar-refractivity contribution >= 4 is 48.8 Å². The van der Waals surface area contributed by atoms with E-state index in [-0.39, 0.29) is 0 Å². The molecule has 11 heteroatoms. The van der Waals surface area contributed by atoms with E-state index in [4.69, 9.17) is 29.4 Å². The van der Waals surface area contributed by atoms with Crippen LogP contribution in [0.4, 0.5) is 0 Å². The molecule has 0 aromatic heterocycles. The zero-order valence-electron chi connectivity index (χ0n) is 10.8. The summed E-state index contributed by atoms with van der Waals surface area (Å²) in [5.74, 6) is 0. The largest absolute Gasteiger partial charge is 0.325 e. The number of rotatable bonds is 0. The third kappa shape index (κ3) is 2080. The predicted octanol–water partition coefficient (Wildman–Crippen LogP) is 1.41. The summed E-state index contributed by atoms with van der Waals surface area (Å²) in [6, 6.07) is 0. The van der Waals surface area contributed by atoms with Crippen molar-refractivity contribution in [3.05, 3.63) is 0 Å². The minimum Gasteiger partial charge on any atom is -0.325 e. The van der Waals surface area contributed by atoms with E-state index >= 15 is 0 Å².